The van der Waals surface area contributed by atoms with Gasteiger partial charge in [-0.2, -0.15) is 0 Å². The molecule has 0 fully saturated rings. The van der Waals surface area contributed by atoms with Crippen molar-refractivity contribution in [1.29, 1.82) is 0 Å². The highest BCUT2D eigenvalue weighted by atomic mass is 16.5. The number of rotatable bonds is 10. The number of ether oxygens (including phenoxy) is 1. The van der Waals surface area contributed by atoms with Gasteiger partial charge in [0.1, 0.15) is 0 Å². The van der Waals surface area contributed by atoms with E-state index in [0.29, 0.717) is 11.9 Å². The van der Waals surface area contributed by atoms with Gasteiger partial charge in [-0.05, 0) is 37.4 Å². The van der Waals surface area contributed by atoms with Crippen molar-refractivity contribution in [1.82, 2.24) is 14.8 Å². The minimum Gasteiger partial charge on any atom is -0.423 e. The molecule has 1 heterocycles. The summed E-state index contributed by atoms with van der Waals surface area (Å²) in [6.07, 6.45) is -0.718. The first kappa shape index (κ1) is 24.5. The van der Waals surface area contributed by atoms with E-state index in [0.717, 1.165) is 24.3 Å². The number of benzene rings is 2. The van der Waals surface area contributed by atoms with Crippen LogP contribution in [0.5, 0.6) is 5.75 Å². The molecule has 0 saturated heterocycles. The molecule has 0 saturated carbocycles. The third-order valence-electron chi connectivity index (χ3n) is 5.59. The average molecular weight is 452 g/mol. The summed E-state index contributed by atoms with van der Waals surface area (Å²) in [6, 6.07) is 16.9. The van der Waals surface area contributed by atoms with Gasteiger partial charge in [0.05, 0.1) is 17.5 Å². The van der Waals surface area contributed by atoms with Crippen LogP contribution in [-0.2, 0) is 4.79 Å². The van der Waals surface area contributed by atoms with Gasteiger partial charge in [0.25, 0.3) is 5.91 Å². The van der Waals surface area contributed by atoms with Gasteiger partial charge < -0.3 is 24.6 Å². The summed E-state index contributed by atoms with van der Waals surface area (Å²) in [7, 11) is 0. The zero-order chi connectivity index (χ0) is 24.0. The van der Waals surface area contributed by atoms with Gasteiger partial charge in [-0.25, -0.2) is 0 Å². The molecule has 3 aromatic rings. The molecule has 3 rings (SSSR count). The number of hydrogen-bond donors (Lipinski definition) is 2. The van der Waals surface area contributed by atoms with Gasteiger partial charge in [0.2, 0.25) is 0 Å². The highest BCUT2D eigenvalue weighted by Gasteiger charge is 2.27. The average Bonchev–Trinajstić information content (AvgIpc) is 3.15. The minimum absolute atomic E-state index is 0.0865. The zero-order valence-electron chi connectivity index (χ0n) is 19.7. The second-order valence-corrected chi connectivity index (χ2v) is 8.29. The molecule has 1 atom stereocenters. The van der Waals surface area contributed by atoms with Gasteiger partial charge >= 0.3 is 5.97 Å². The highest BCUT2D eigenvalue weighted by molar-refractivity contribution is 6.06. The van der Waals surface area contributed by atoms with E-state index in [1.54, 1.807) is 18.4 Å². The van der Waals surface area contributed by atoms with Crippen LogP contribution in [0, 0.1) is 5.92 Å². The summed E-state index contributed by atoms with van der Waals surface area (Å²) in [5.41, 5.74) is 1.75. The Bertz CT molecular complexity index is 1090. The molecular weight excluding hydrogens is 418 g/mol. The number of fused-ring (bicyclic) bond motifs is 1. The van der Waals surface area contributed by atoms with E-state index in [1.165, 1.54) is 0 Å². The molecule has 0 aliphatic heterocycles. The first-order valence-electron chi connectivity index (χ1n) is 11.5. The summed E-state index contributed by atoms with van der Waals surface area (Å²) in [5, 5.41) is 14.0. The van der Waals surface area contributed by atoms with Crippen LogP contribution in [0.15, 0.2) is 54.6 Å². The first-order valence-corrected chi connectivity index (χ1v) is 11.5. The number of esters is 1. The molecular formula is C26H33N3O4. The molecule has 1 aromatic heterocycles. The van der Waals surface area contributed by atoms with E-state index in [-0.39, 0.29) is 23.9 Å². The highest BCUT2D eigenvalue weighted by Crippen LogP contribution is 2.36. The Labute approximate surface area is 195 Å². The van der Waals surface area contributed by atoms with Crippen LogP contribution in [-0.4, -0.2) is 58.7 Å². The van der Waals surface area contributed by atoms with Gasteiger partial charge in [-0.3, -0.25) is 9.59 Å². The summed E-state index contributed by atoms with van der Waals surface area (Å²) >= 11 is 0. The molecule has 2 N–H and O–H groups in total. The smallest absolute Gasteiger partial charge is 0.313 e. The Morgan fingerprint density at radius 2 is 1.67 bits per heavy atom. The van der Waals surface area contributed by atoms with Crippen LogP contribution in [0.3, 0.4) is 0 Å². The van der Waals surface area contributed by atoms with Crippen molar-refractivity contribution in [3.05, 3.63) is 60.3 Å². The van der Waals surface area contributed by atoms with E-state index in [1.807, 2.05) is 68.4 Å². The number of aromatic nitrogens is 1. The molecule has 0 radical (unpaired) electrons. The van der Waals surface area contributed by atoms with Crippen LogP contribution in [0.4, 0.5) is 0 Å². The maximum absolute atomic E-state index is 13.5. The topological polar surface area (TPSA) is 83.8 Å². The molecule has 33 heavy (non-hydrogen) atoms. The van der Waals surface area contributed by atoms with Gasteiger partial charge in [-0.15, -0.1) is 0 Å². The van der Waals surface area contributed by atoms with Crippen LogP contribution in [0.2, 0.25) is 0 Å². The third kappa shape index (κ3) is 5.61. The van der Waals surface area contributed by atoms with Crippen molar-refractivity contribution in [3.63, 3.8) is 0 Å². The SMILES string of the molecule is CCN(CC)CC(O)CNC(=O)c1c(OC(=O)C(C)C)c2ccccc2n1-c1ccccc1. The lowest BCUT2D eigenvalue weighted by Crippen LogP contribution is -2.40. The minimum atomic E-state index is -0.718. The number of likely N-dealkylation sites (N-methyl/N-ethyl adjacent to an activating group) is 1. The number of nitrogens with one attached hydrogen (secondary N) is 1. The molecule has 1 amide bonds. The van der Waals surface area contributed by atoms with Crippen molar-refractivity contribution in [2.45, 2.75) is 33.8 Å². The van der Waals surface area contributed by atoms with E-state index in [4.69, 9.17) is 4.74 Å². The Hall–Kier alpha value is -3.16. The number of para-hydroxylation sites is 2. The molecule has 0 aliphatic carbocycles. The first-order chi connectivity index (χ1) is 15.9. The van der Waals surface area contributed by atoms with Gasteiger partial charge in [0.15, 0.2) is 11.4 Å². The molecule has 7 heteroatoms. The number of hydrogen-bond acceptors (Lipinski definition) is 5. The fourth-order valence-electron chi connectivity index (χ4n) is 3.72. The van der Waals surface area contributed by atoms with Crippen LogP contribution < -0.4 is 10.1 Å². The Balaban J connectivity index is 2.04. The second-order valence-electron chi connectivity index (χ2n) is 8.29. The lowest BCUT2D eigenvalue weighted by atomic mass is 10.2. The lowest BCUT2D eigenvalue weighted by molar-refractivity contribution is -0.137. The predicted octanol–water partition coefficient (Wildman–Crippen LogP) is 3.62. The molecule has 0 bridgehead atoms. The van der Waals surface area contributed by atoms with Crippen LogP contribution in [0.25, 0.3) is 16.6 Å². The van der Waals surface area contributed by atoms with E-state index >= 15 is 0 Å². The maximum Gasteiger partial charge on any atom is 0.313 e. The molecule has 176 valence electrons. The van der Waals surface area contributed by atoms with Crippen LogP contribution >= 0.6 is 0 Å². The Morgan fingerprint density at radius 3 is 2.30 bits per heavy atom. The van der Waals surface area contributed by atoms with Crippen molar-refractivity contribution in [2.75, 3.05) is 26.2 Å². The number of carbonyl (C=O) groups is 2. The largest absolute Gasteiger partial charge is 0.423 e. The summed E-state index contributed by atoms with van der Waals surface area (Å²) in [6.45, 7) is 9.75. The normalized spacial score (nSPS) is 12.3. The zero-order valence-corrected chi connectivity index (χ0v) is 19.7. The molecule has 7 nitrogen and oxygen atoms in total. The Kier molecular flexibility index (Phi) is 8.25. The maximum atomic E-state index is 13.5. The fourth-order valence-corrected chi connectivity index (χ4v) is 3.72. The van der Waals surface area contributed by atoms with E-state index < -0.39 is 18.0 Å². The fraction of sp³-hybridized carbons (Fsp3) is 0.385. The molecule has 1 unspecified atom stereocenters. The Morgan fingerprint density at radius 1 is 1.03 bits per heavy atom. The van der Waals surface area contributed by atoms with Crippen LogP contribution in [0.1, 0.15) is 38.2 Å². The number of amides is 1. The number of aliphatic hydroxyl groups excluding tert-OH is 1. The summed E-state index contributed by atoms with van der Waals surface area (Å²) in [5.74, 6) is -0.957. The van der Waals surface area contributed by atoms with Crippen molar-refractivity contribution < 1.29 is 19.4 Å². The van der Waals surface area contributed by atoms with E-state index in [9.17, 15) is 14.7 Å². The second kappa shape index (κ2) is 11.1. The quantitative estimate of drug-likeness (QED) is 0.460. The number of aliphatic hydroxyl groups is 1. The molecule has 2 aromatic carbocycles. The summed E-state index contributed by atoms with van der Waals surface area (Å²) in [4.78, 5) is 28.1. The van der Waals surface area contributed by atoms with Crippen molar-refractivity contribution in [3.8, 4) is 11.4 Å². The number of nitrogens with zero attached hydrogens (tertiary/aromatic N) is 2. The van der Waals surface area contributed by atoms with Gasteiger partial charge in [-0.1, -0.05) is 58.0 Å². The van der Waals surface area contributed by atoms with Crippen molar-refractivity contribution >= 4 is 22.8 Å². The molecule has 0 aliphatic rings. The molecule has 0 spiro atoms. The van der Waals surface area contributed by atoms with E-state index in [2.05, 4.69) is 10.2 Å². The third-order valence-corrected chi connectivity index (χ3v) is 5.59. The van der Waals surface area contributed by atoms with Crippen molar-refractivity contribution in [2.24, 2.45) is 5.92 Å². The predicted molar refractivity (Wildman–Crippen MR) is 130 cm³/mol. The summed E-state index contributed by atoms with van der Waals surface area (Å²) < 4.78 is 7.55. The standard InChI is InChI=1S/C26H33N3O4/c1-5-28(6-2)17-20(30)16-27-25(31)23-24(33-26(32)18(3)4)21-14-10-11-15-22(21)29(23)19-12-8-7-9-13-19/h7-15,18,20,30H,5-6,16-17H2,1-4H3,(H,27,31). The van der Waals surface area contributed by atoms with Gasteiger partial charge in [0, 0.05) is 24.2 Å². The lowest BCUT2D eigenvalue weighted by Gasteiger charge is -2.22. The monoisotopic (exact) mass is 451 g/mol. The number of carbonyl (C=O) groups excluding carboxylic acids is 2.